The number of furan rings is 1. The van der Waals surface area contributed by atoms with Crippen molar-refractivity contribution >= 4 is 54.3 Å². The Hall–Kier alpha value is -5.66. The molecule has 9 rings (SSSR count). The summed E-state index contributed by atoms with van der Waals surface area (Å²) < 4.78 is 112. The maximum atomic E-state index is 9.28. The zero-order valence-corrected chi connectivity index (χ0v) is 22.5. The van der Waals surface area contributed by atoms with Crippen molar-refractivity contribution in [2.45, 2.75) is 0 Å². The van der Waals surface area contributed by atoms with E-state index >= 15 is 0 Å². The highest BCUT2D eigenvalue weighted by Crippen LogP contribution is 2.45. The van der Waals surface area contributed by atoms with Gasteiger partial charge in [-0.25, -0.2) is 0 Å². The molecule has 0 saturated carbocycles. The fourth-order valence-electron chi connectivity index (χ4n) is 6.06. The Morgan fingerprint density at radius 1 is 0.372 bits per heavy atom. The molecule has 0 amide bonds. The van der Waals surface area contributed by atoms with E-state index in [1.165, 1.54) is 0 Å². The number of hydrogen-bond acceptors (Lipinski definition) is 1. The molecule has 8 aromatic carbocycles. The highest BCUT2D eigenvalue weighted by atomic mass is 16.3. The van der Waals surface area contributed by atoms with Crippen molar-refractivity contribution in [2.24, 2.45) is 0 Å². The largest absolute Gasteiger partial charge is 0.456 e. The fourth-order valence-corrected chi connectivity index (χ4v) is 6.06. The van der Waals surface area contributed by atoms with Crippen LogP contribution in [0.4, 0.5) is 0 Å². The van der Waals surface area contributed by atoms with E-state index in [2.05, 4.69) is 0 Å². The van der Waals surface area contributed by atoms with Crippen LogP contribution >= 0.6 is 0 Å². The smallest absolute Gasteiger partial charge is 0.135 e. The molecule has 1 nitrogen and oxygen atoms in total. The van der Waals surface area contributed by atoms with Crippen LogP contribution in [0.2, 0.25) is 0 Å². The van der Waals surface area contributed by atoms with E-state index in [0.29, 0.717) is 16.5 Å². The third-order valence-electron chi connectivity index (χ3n) is 8.01. The summed E-state index contributed by atoms with van der Waals surface area (Å²) in [6, 6.07) is 20.9. The molecule has 0 radical (unpaired) electrons. The molecule has 43 heavy (non-hydrogen) atoms. The van der Waals surface area contributed by atoms with E-state index in [4.69, 9.17) is 15.4 Å². The molecule has 0 aliphatic rings. The van der Waals surface area contributed by atoms with Gasteiger partial charge in [-0.05, 0) is 96.0 Å². The second-order valence-corrected chi connectivity index (χ2v) is 10.4. The van der Waals surface area contributed by atoms with Crippen LogP contribution in [-0.4, -0.2) is 0 Å². The maximum absolute atomic E-state index is 9.28. The molecule has 0 bridgehead atoms. The second-order valence-electron chi connectivity index (χ2n) is 10.4. The predicted molar refractivity (Wildman–Crippen MR) is 183 cm³/mol. The highest BCUT2D eigenvalue weighted by Gasteiger charge is 2.18. The van der Waals surface area contributed by atoms with Crippen molar-refractivity contribution in [2.75, 3.05) is 0 Å². The SMILES string of the molecule is [2H]c1c([2H])c([2H])c2c(oc3ccc(-c4c5c([2H])c([2H])c([2H])c([2H])c5c(-c5ccc6cc(-c7ccccc7)ccc6c5)c5c([2H])c([2H])c([2H])c([2H])c45)cc32)c1[2H]. The molecular weight excluding hydrogens is 520 g/mol. The average Bonchev–Trinajstić information content (AvgIpc) is 3.60. The minimum Gasteiger partial charge on any atom is -0.456 e. The van der Waals surface area contributed by atoms with E-state index in [-0.39, 0.29) is 73.4 Å². The van der Waals surface area contributed by atoms with Gasteiger partial charge in [-0.15, -0.1) is 0 Å². The molecule has 0 fully saturated rings. The van der Waals surface area contributed by atoms with E-state index in [1.807, 2.05) is 60.7 Å². The van der Waals surface area contributed by atoms with Crippen LogP contribution in [0.1, 0.15) is 16.4 Å². The van der Waals surface area contributed by atoms with Gasteiger partial charge >= 0.3 is 0 Å². The van der Waals surface area contributed by atoms with Gasteiger partial charge in [-0.1, -0.05) is 127 Å². The third kappa shape index (κ3) is 3.79. The Bertz CT molecular complexity index is 3090. The minimum absolute atomic E-state index is 0.0344. The summed E-state index contributed by atoms with van der Waals surface area (Å²) >= 11 is 0. The van der Waals surface area contributed by atoms with Gasteiger partial charge in [-0.3, -0.25) is 0 Å². The van der Waals surface area contributed by atoms with Crippen molar-refractivity contribution in [1.29, 1.82) is 0 Å². The first-order chi connectivity index (χ1) is 26.3. The van der Waals surface area contributed by atoms with Gasteiger partial charge in [0.05, 0.1) is 16.4 Å². The zero-order chi connectivity index (χ0) is 38.8. The first kappa shape index (κ1) is 15.0. The van der Waals surface area contributed by atoms with Crippen molar-refractivity contribution in [3.63, 3.8) is 0 Å². The topological polar surface area (TPSA) is 13.1 Å². The third-order valence-corrected chi connectivity index (χ3v) is 8.01. The summed E-state index contributed by atoms with van der Waals surface area (Å²) in [6.45, 7) is 0. The van der Waals surface area contributed by atoms with Crippen LogP contribution in [0.25, 0.3) is 87.6 Å². The Morgan fingerprint density at radius 3 is 1.53 bits per heavy atom. The summed E-state index contributed by atoms with van der Waals surface area (Å²) in [4.78, 5) is 0. The van der Waals surface area contributed by atoms with Gasteiger partial charge in [0, 0.05) is 10.8 Å². The predicted octanol–water partition coefficient (Wildman–Crippen LogP) is 12.0. The lowest BCUT2D eigenvalue weighted by Crippen LogP contribution is -1.91. The molecule has 0 saturated heterocycles. The molecule has 0 aliphatic carbocycles. The molecule has 0 atom stereocenters. The molecule has 1 heterocycles. The molecule has 0 N–H and O–H groups in total. The van der Waals surface area contributed by atoms with E-state index in [1.54, 1.807) is 24.3 Å². The summed E-state index contributed by atoms with van der Waals surface area (Å²) in [7, 11) is 0. The minimum atomic E-state index is -0.527. The number of benzene rings is 8. The van der Waals surface area contributed by atoms with Gasteiger partial charge in [0.1, 0.15) is 11.2 Å². The van der Waals surface area contributed by atoms with Gasteiger partial charge in [0.25, 0.3) is 0 Å². The van der Waals surface area contributed by atoms with Crippen LogP contribution in [0.3, 0.4) is 0 Å². The molecule has 1 aromatic heterocycles. The molecule has 0 unspecified atom stereocenters. The molecule has 1 heteroatoms. The summed E-state index contributed by atoms with van der Waals surface area (Å²) in [5.41, 5.74) is 3.36. The van der Waals surface area contributed by atoms with Crippen LogP contribution < -0.4 is 0 Å². The standard InChI is InChI=1S/C42H26O/c1-2-10-27(11-3-1)28-18-19-30-25-31(21-20-29(30)24-28)41-34-13-4-6-15-36(34)42(37-16-7-5-14-35(37)41)32-22-23-40-38(26-32)33-12-8-9-17-39(33)43-40/h1-26H/i4D,5D,6D,7D,8D,9D,12D,13D,14D,15D,16D,17D. The first-order valence-corrected chi connectivity index (χ1v) is 13.8. The monoisotopic (exact) mass is 558 g/mol. The second kappa shape index (κ2) is 9.44. The molecule has 200 valence electrons. The number of rotatable bonds is 3. The molecule has 0 aliphatic heterocycles. The van der Waals surface area contributed by atoms with Gasteiger partial charge in [0.2, 0.25) is 0 Å². The van der Waals surface area contributed by atoms with Crippen molar-refractivity contribution < 1.29 is 20.9 Å². The lowest BCUT2D eigenvalue weighted by molar-refractivity contribution is 0.669. The summed E-state index contributed by atoms with van der Waals surface area (Å²) in [6.07, 6.45) is 0. The van der Waals surface area contributed by atoms with Crippen LogP contribution in [0, 0.1) is 0 Å². The Labute approximate surface area is 266 Å². The van der Waals surface area contributed by atoms with Crippen molar-refractivity contribution in [3.8, 4) is 33.4 Å². The Kier molecular flexibility index (Phi) is 3.29. The number of para-hydroxylation sites is 1. The van der Waals surface area contributed by atoms with Crippen LogP contribution in [0.5, 0.6) is 0 Å². The lowest BCUT2D eigenvalue weighted by Gasteiger charge is -2.18. The van der Waals surface area contributed by atoms with Gasteiger partial charge in [-0.2, -0.15) is 0 Å². The Morgan fingerprint density at radius 2 is 0.884 bits per heavy atom. The first-order valence-electron chi connectivity index (χ1n) is 19.8. The average molecular weight is 559 g/mol. The van der Waals surface area contributed by atoms with Gasteiger partial charge in [0.15, 0.2) is 0 Å². The number of hydrogen-bond donors (Lipinski definition) is 0. The summed E-state index contributed by atoms with van der Waals surface area (Å²) in [5, 5.41) is 2.33. The van der Waals surface area contributed by atoms with E-state index in [0.717, 1.165) is 21.9 Å². The molecule has 0 spiro atoms. The van der Waals surface area contributed by atoms with Crippen LogP contribution in [-0.2, 0) is 0 Å². The Balaban J connectivity index is 1.45. The normalized spacial score (nSPS) is 15.6. The lowest BCUT2D eigenvalue weighted by atomic mass is 9.85. The zero-order valence-electron chi connectivity index (χ0n) is 34.5. The van der Waals surface area contributed by atoms with E-state index < -0.39 is 48.3 Å². The number of fused-ring (bicyclic) bond motifs is 6. The quantitative estimate of drug-likeness (QED) is 0.197. The van der Waals surface area contributed by atoms with Crippen molar-refractivity contribution in [1.82, 2.24) is 0 Å². The van der Waals surface area contributed by atoms with Crippen molar-refractivity contribution in [3.05, 3.63) is 157 Å². The summed E-state index contributed by atoms with van der Waals surface area (Å²) in [5.74, 6) is 0. The fraction of sp³-hybridized carbons (Fsp3) is 0. The van der Waals surface area contributed by atoms with Gasteiger partial charge < -0.3 is 4.42 Å². The maximum Gasteiger partial charge on any atom is 0.135 e. The van der Waals surface area contributed by atoms with Crippen LogP contribution in [0.15, 0.2) is 162 Å². The molecular formula is C42H26O. The highest BCUT2D eigenvalue weighted by molar-refractivity contribution is 6.22. The van der Waals surface area contributed by atoms with E-state index in [9.17, 15) is 5.48 Å². The molecule has 9 aromatic rings.